The number of hydrogen-bond donors (Lipinski definition) is 2. The van der Waals surface area contributed by atoms with E-state index in [0.29, 0.717) is 24.0 Å². The van der Waals surface area contributed by atoms with Crippen LogP contribution in [0.1, 0.15) is 43.6 Å². The highest BCUT2D eigenvalue weighted by Crippen LogP contribution is 2.16. The van der Waals surface area contributed by atoms with E-state index in [1.165, 1.54) is 0 Å². The highest BCUT2D eigenvalue weighted by Gasteiger charge is 2.12. The number of aromatic nitrogens is 1. The standard InChI is InChI=1S/C15H24ClN3O2/c1-3-8-17-13-7-6-12(16)14(19-13)15(20)18-9-5-11-21-10-4-2/h6-7H,3-5,8-11H2,1-2H3,(H,17,19)(H,18,20). The maximum absolute atomic E-state index is 12.1. The van der Waals surface area contributed by atoms with Crippen LogP contribution in [0, 0.1) is 0 Å². The van der Waals surface area contributed by atoms with E-state index in [2.05, 4.69) is 29.5 Å². The second-order valence-electron chi connectivity index (χ2n) is 4.68. The summed E-state index contributed by atoms with van der Waals surface area (Å²) in [7, 11) is 0. The Bertz CT molecular complexity index is 441. The Morgan fingerprint density at radius 1 is 1.24 bits per heavy atom. The lowest BCUT2D eigenvalue weighted by molar-refractivity contribution is 0.0937. The van der Waals surface area contributed by atoms with Crippen molar-refractivity contribution in [2.75, 3.05) is 31.6 Å². The van der Waals surface area contributed by atoms with E-state index in [9.17, 15) is 4.79 Å². The molecule has 21 heavy (non-hydrogen) atoms. The molecule has 1 amide bonds. The third kappa shape index (κ3) is 6.78. The first-order chi connectivity index (χ1) is 10.2. The molecule has 0 saturated heterocycles. The van der Waals surface area contributed by atoms with Gasteiger partial charge in [0.25, 0.3) is 5.91 Å². The van der Waals surface area contributed by atoms with E-state index in [1.807, 2.05) is 0 Å². The van der Waals surface area contributed by atoms with Gasteiger partial charge in [0, 0.05) is 26.3 Å². The van der Waals surface area contributed by atoms with Crippen LogP contribution in [0.5, 0.6) is 0 Å². The smallest absolute Gasteiger partial charge is 0.271 e. The van der Waals surface area contributed by atoms with Crippen LogP contribution in [0.4, 0.5) is 5.82 Å². The summed E-state index contributed by atoms with van der Waals surface area (Å²) in [5.74, 6) is 0.410. The van der Waals surface area contributed by atoms with Crippen molar-refractivity contribution in [2.24, 2.45) is 0 Å². The Morgan fingerprint density at radius 2 is 2.05 bits per heavy atom. The van der Waals surface area contributed by atoms with E-state index in [1.54, 1.807) is 12.1 Å². The third-order valence-electron chi connectivity index (χ3n) is 2.72. The number of carbonyl (C=O) groups excluding carboxylic acids is 1. The lowest BCUT2D eigenvalue weighted by Crippen LogP contribution is -2.26. The molecule has 0 spiro atoms. The van der Waals surface area contributed by atoms with Gasteiger partial charge < -0.3 is 15.4 Å². The van der Waals surface area contributed by atoms with Crippen molar-refractivity contribution in [2.45, 2.75) is 33.1 Å². The molecule has 0 aliphatic heterocycles. The predicted molar refractivity (Wildman–Crippen MR) is 86.1 cm³/mol. The molecular formula is C15H24ClN3O2. The largest absolute Gasteiger partial charge is 0.381 e. The fourth-order valence-corrected chi connectivity index (χ4v) is 1.85. The van der Waals surface area contributed by atoms with E-state index >= 15 is 0 Å². The fraction of sp³-hybridized carbons (Fsp3) is 0.600. The highest BCUT2D eigenvalue weighted by atomic mass is 35.5. The minimum atomic E-state index is -0.254. The number of carbonyl (C=O) groups is 1. The summed E-state index contributed by atoms with van der Waals surface area (Å²) in [6.07, 6.45) is 2.77. The van der Waals surface area contributed by atoms with Crippen molar-refractivity contribution in [1.82, 2.24) is 10.3 Å². The van der Waals surface area contributed by atoms with E-state index < -0.39 is 0 Å². The Labute approximate surface area is 131 Å². The molecule has 1 aromatic heterocycles. The van der Waals surface area contributed by atoms with Gasteiger partial charge in [-0.1, -0.05) is 25.4 Å². The summed E-state index contributed by atoms with van der Waals surface area (Å²) in [5.41, 5.74) is 0.257. The zero-order valence-electron chi connectivity index (χ0n) is 12.7. The van der Waals surface area contributed by atoms with Crippen LogP contribution in [0.2, 0.25) is 5.02 Å². The van der Waals surface area contributed by atoms with Gasteiger partial charge in [-0.15, -0.1) is 0 Å². The number of anilines is 1. The zero-order valence-corrected chi connectivity index (χ0v) is 13.5. The molecule has 0 atom stereocenters. The number of nitrogens with zero attached hydrogens (tertiary/aromatic N) is 1. The number of pyridine rings is 1. The minimum Gasteiger partial charge on any atom is -0.381 e. The van der Waals surface area contributed by atoms with Gasteiger partial charge in [-0.25, -0.2) is 4.98 Å². The Morgan fingerprint density at radius 3 is 2.76 bits per heavy atom. The molecule has 1 rings (SSSR count). The van der Waals surface area contributed by atoms with Gasteiger partial charge in [0.2, 0.25) is 0 Å². The molecule has 0 unspecified atom stereocenters. The lowest BCUT2D eigenvalue weighted by Gasteiger charge is -2.09. The van der Waals surface area contributed by atoms with Crippen LogP contribution in [0.25, 0.3) is 0 Å². The first kappa shape index (κ1) is 17.7. The summed E-state index contributed by atoms with van der Waals surface area (Å²) in [6.45, 7) is 6.89. The van der Waals surface area contributed by atoms with Crippen molar-refractivity contribution in [3.63, 3.8) is 0 Å². The second-order valence-corrected chi connectivity index (χ2v) is 5.08. The van der Waals surface area contributed by atoms with E-state index in [0.717, 1.165) is 32.4 Å². The molecule has 0 aliphatic rings. The van der Waals surface area contributed by atoms with Crippen LogP contribution in [0.15, 0.2) is 12.1 Å². The molecular weight excluding hydrogens is 290 g/mol. The van der Waals surface area contributed by atoms with E-state index in [-0.39, 0.29) is 11.6 Å². The molecule has 1 heterocycles. The van der Waals surface area contributed by atoms with Crippen LogP contribution in [-0.4, -0.2) is 37.2 Å². The molecule has 0 fully saturated rings. The molecule has 5 nitrogen and oxygen atoms in total. The first-order valence-electron chi connectivity index (χ1n) is 7.45. The maximum Gasteiger partial charge on any atom is 0.271 e. The van der Waals surface area contributed by atoms with Gasteiger partial charge in [0.05, 0.1) is 5.02 Å². The van der Waals surface area contributed by atoms with E-state index in [4.69, 9.17) is 16.3 Å². The first-order valence-corrected chi connectivity index (χ1v) is 7.83. The Balaban J connectivity index is 2.45. The predicted octanol–water partition coefficient (Wildman–Crippen LogP) is 3.10. The van der Waals surface area contributed by atoms with Gasteiger partial charge in [0.15, 0.2) is 0 Å². The van der Waals surface area contributed by atoms with Crippen molar-refractivity contribution < 1.29 is 9.53 Å². The van der Waals surface area contributed by atoms with Gasteiger partial charge in [-0.2, -0.15) is 0 Å². The second kappa shape index (κ2) is 10.4. The molecule has 0 radical (unpaired) electrons. The number of amides is 1. The molecule has 118 valence electrons. The topological polar surface area (TPSA) is 63.2 Å². The van der Waals surface area contributed by atoms with Crippen LogP contribution >= 0.6 is 11.6 Å². The summed E-state index contributed by atoms with van der Waals surface area (Å²) < 4.78 is 5.35. The molecule has 0 aliphatic carbocycles. The number of rotatable bonds is 10. The summed E-state index contributed by atoms with van der Waals surface area (Å²) in [5, 5.41) is 6.30. The van der Waals surface area contributed by atoms with Crippen molar-refractivity contribution in [3.05, 3.63) is 22.8 Å². The normalized spacial score (nSPS) is 10.4. The quantitative estimate of drug-likeness (QED) is 0.652. The van der Waals surface area contributed by atoms with Gasteiger partial charge >= 0.3 is 0 Å². The van der Waals surface area contributed by atoms with Crippen molar-refractivity contribution >= 4 is 23.3 Å². The molecule has 0 aromatic carbocycles. The summed E-state index contributed by atoms with van der Waals surface area (Å²) in [4.78, 5) is 16.3. The number of nitrogens with one attached hydrogen (secondary N) is 2. The highest BCUT2D eigenvalue weighted by molar-refractivity contribution is 6.33. The summed E-state index contributed by atoms with van der Waals surface area (Å²) in [6, 6.07) is 3.46. The Kier molecular flexibility index (Phi) is 8.78. The molecule has 0 saturated carbocycles. The zero-order chi connectivity index (χ0) is 15.5. The molecule has 0 bridgehead atoms. The van der Waals surface area contributed by atoms with Crippen LogP contribution in [-0.2, 0) is 4.74 Å². The average Bonchev–Trinajstić information content (AvgIpc) is 2.49. The van der Waals surface area contributed by atoms with Crippen LogP contribution < -0.4 is 10.6 Å². The number of hydrogen-bond acceptors (Lipinski definition) is 4. The average molecular weight is 314 g/mol. The van der Waals surface area contributed by atoms with Gasteiger partial charge in [-0.3, -0.25) is 4.79 Å². The fourth-order valence-electron chi connectivity index (χ4n) is 1.66. The van der Waals surface area contributed by atoms with Crippen molar-refractivity contribution in [3.8, 4) is 0 Å². The monoisotopic (exact) mass is 313 g/mol. The number of halogens is 1. The summed E-state index contributed by atoms with van der Waals surface area (Å²) >= 11 is 6.03. The molecule has 6 heteroatoms. The van der Waals surface area contributed by atoms with Gasteiger partial charge in [0.1, 0.15) is 11.5 Å². The van der Waals surface area contributed by atoms with Crippen LogP contribution in [0.3, 0.4) is 0 Å². The Hall–Kier alpha value is -1.33. The number of ether oxygens (including phenoxy) is 1. The maximum atomic E-state index is 12.1. The van der Waals surface area contributed by atoms with Gasteiger partial charge in [-0.05, 0) is 31.4 Å². The lowest BCUT2D eigenvalue weighted by atomic mass is 10.3. The van der Waals surface area contributed by atoms with Crippen molar-refractivity contribution in [1.29, 1.82) is 0 Å². The minimum absolute atomic E-state index is 0.254. The SMILES string of the molecule is CCCNc1ccc(Cl)c(C(=O)NCCCOCCC)n1. The molecule has 2 N–H and O–H groups in total. The molecule has 1 aromatic rings. The third-order valence-corrected chi connectivity index (χ3v) is 3.02.